The Balaban J connectivity index is 0.000000230. The van der Waals surface area contributed by atoms with Gasteiger partial charge in [-0.05, 0) is 91.3 Å². The largest absolute Gasteiger partial charge is 0.333 e. The number of benzene rings is 6. The summed E-state index contributed by atoms with van der Waals surface area (Å²) >= 11 is 1.82. The minimum atomic E-state index is -1.34. The van der Waals surface area contributed by atoms with Gasteiger partial charge in [0.25, 0.3) is 0 Å². The van der Waals surface area contributed by atoms with Crippen LogP contribution < -0.4 is 5.19 Å². The molecule has 0 fully saturated rings. The van der Waals surface area contributed by atoms with Crippen LogP contribution in [-0.4, -0.2) is 22.6 Å². The summed E-state index contributed by atoms with van der Waals surface area (Å²) in [5, 5.41) is 4.03. The zero-order valence-electron chi connectivity index (χ0n) is 36.1. The van der Waals surface area contributed by atoms with Gasteiger partial charge in [-0.1, -0.05) is 139 Å². The number of hydrogen-bond acceptors (Lipinski definition) is 3. The van der Waals surface area contributed by atoms with Crippen LogP contribution in [0.3, 0.4) is 0 Å². The fourth-order valence-corrected chi connectivity index (χ4v) is 10.9. The maximum atomic E-state index is 5.25. The van der Waals surface area contributed by atoms with E-state index in [4.69, 9.17) is 4.98 Å². The van der Waals surface area contributed by atoms with Crippen LogP contribution in [0.5, 0.6) is 0 Å². The molecular weight excluding hydrogens is 943 g/mol. The fraction of sp³-hybridized carbons (Fsp3) is 0.222. The average molecular weight is 996 g/mol. The Labute approximate surface area is 375 Å². The first-order valence-electron chi connectivity index (χ1n) is 20.9. The van der Waals surface area contributed by atoms with Crippen LogP contribution in [0, 0.1) is 12.1 Å². The number of para-hydroxylation sites is 2. The van der Waals surface area contributed by atoms with Crippen LogP contribution in [0.15, 0.2) is 140 Å². The molecule has 3 aromatic heterocycles. The Morgan fingerprint density at radius 2 is 1.25 bits per heavy atom. The van der Waals surface area contributed by atoms with Crippen molar-refractivity contribution in [3.63, 3.8) is 0 Å². The Morgan fingerprint density at radius 1 is 0.600 bits per heavy atom. The average Bonchev–Trinajstić information content (AvgIpc) is 3.82. The van der Waals surface area contributed by atoms with Gasteiger partial charge in [-0.15, -0.1) is 59.7 Å². The normalized spacial score (nSPS) is 11.7. The molecule has 6 aromatic carbocycles. The maximum Gasteiger partial charge on any atom is 0.0799 e. The Morgan fingerprint density at radius 3 is 1.92 bits per heavy atom. The fourth-order valence-electron chi connectivity index (χ4n) is 8.12. The van der Waals surface area contributed by atoms with E-state index in [0.29, 0.717) is 17.8 Å². The van der Waals surface area contributed by atoms with E-state index >= 15 is 0 Å². The van der Waals surface area contributed by atoms with Crippen LogP contribution in [0.1, 0.15) is 76.0 Å². The van der Waals surface area contributed by atoms with Gasteiger partial charge in [-0.2, -0.15) is 11.3 Å². The third-order valence-corrected chi connectivity index (χ3v) is 14.4. The van der Waals surface area contributed by atoms with E-state index in [2.05, 4.69) is 204 Å². The van der Waals surface area contributed by atoms with Crippen molar-refractivity contribution >= 4 is 55.8 Å². The van der Waals surface area contributed by atoms with Crippen molar-refractivity contribution in [1.29, 1.82) is 0 Å². The van der Waals surface area contributed by atoms with Crippen molar-refractivity contribution in [2.45, 2.75) is 78.9 Å². The smallest absolute Gasteiger partial charge is 0.0799 e. The van der Waals surface area contributed by atoms with E-state index in [1.807, 2.05) is 29.5 Å². The van der Waals surface area contributed by atoms with Crippen LogP contribution in [0.4, 0.5) is 0 Å². The van der Waals surface area contributed by atoms with Crippen molar-refractivity contribution in [1.82, 2.24) is 14.5 Å². The van der Waals surface area contributed by atoms with E-state index < -0.39 is 8.07 Å². The molecule has 0 unspecified atom stereocenters. The van der Waals surface area contributed by atoms with Crippen LogP contribution in [0.25, 0.3) is 70.7 Å². The monoisotopic (exact) mass is 996 g/mol. The Bertz CT molecular complexity index is 2870. The third kappa shape index (κ3) is 8.62. The molecule has 0 N–H and O–H groups in total. The molecule has 0 atom stereocenters. The number of imidazole rings is 1. The summed E-state index contributed by atoms with van der Waals surface area (Å²) in [7, 11) is -1.34. The summed E-state index contributed by atoms with van der Waals surface area (Å²) in [4.78, 5) is 9.91. The van der Waals surface area contributed by atoms with E-state index in [1.54, 1.807) is 0 Å². The van der Waals surface area contributed by atoms with Crippen molar-refractivity contribution < 1.29 is 20.1 Å². The second-order valence-corrected chi connectivity index (χ2v) is 23.6. The molecule has 0 amide bonds. The van der Waals surface area contributed by atoms with E-state index in [9.17, 15) is 0 Å². The summed E-state index contributed by atoms with van der Waals surface area (Å²) in [6, 6.07) is 54.3. The Kier molecular flexibility index (Phi) is 12.9. The zero-order chi connectivity index (χ0) is 41.4. The van der Waals surface area contributed by atoms with Gasteiger partial charge < -0.3 is 9.55 Å². The minimum Gasteiger partial charge on any atom is -0.333 e. The maximum absolute atomic E-state index is 5.25. The van der Waals surface area contributed by atoms with E-state index in [-0.39, 0.29) is 20.1 Å². The second kappa shape index (κ2) is 17.9. The van der Waals surface area contributed by atoms with Gasteiger partial charge in [0.05, 0.1) is 24.9 Å². The van der Waals surface area contributed by atoms with Gasteiger partial charge in [0.2, 0.25) is 0 Å². The number of hydrogen-bond donors (Lipinski definition) is 0. The molecule has 6 heteroatoms. The molecule has 3 nitrogen and oxygen atoms in total. The summed E-state index contributed by atoms with van der Waals surface area (Å²) in [5.41, 5.74) is 13.1. The number of nitrogens with zero attached hydrogens (tertiary/aromatic N) is 3. The van der Waals surface area contributed by atoms with Gasteiger partial charge in [0.1, 0.15) is 0 Å². The number of aromatic nitrogens is 3. The standard InChI is InChI=1S/C37H31N2S.C17H22NSi.Ir/c1-23(2)29-21-27(25-12-6-5-7-13-25)22-30(24(3)4)36(29)39-33-16-10-9-15-32(33)38-37(39)26-18-19-35-31(20-26)28-14-8-11-17-34(28)40-35;1-13(2)15-11-16(14-9-7-6-8-10-14)18-12-17(15)19(3,4)5;/h5-17,19-24H,1-4H3;6-9,11-13H,1-5H3;/q2*-1;. The molecule has 0 aliphatic rings. The molecule has 1 radical (unpaired) electrons. The molecule has 3 heterocycles. The molecule has 0 spiro atoms. The Hall–Kier alpha value is -4.97. The topological polar surface area (TPSA) is 30.7 Å². The summed E-state index contributed by atoms with van der Waals surface area (Å²) < 4.78 is 4.96. The van der Waals surface area contributed by atoms with Gasteiger partial charge in [-0.25, -0.2) is 0 Å². The first-order valence-corrected chi connectivity index (χ1v) is 25.2. The van der Waals surface area contributed by atoms with Crippen molar-refractivity contribution in [2.75, 3.05) is 0 Å². The van der Waals surface area contributed by atoms with Crippen LogP contribution >= 0.6 is 11.3 Å². The molecule has 0 aliphatic heterocycles. The summed E-state index contributed by atoms with van der Waals surface area (Å²) in [6.45, 7) is 20.9. The molecule has 0 saturated heterocycles. The first kappa shape index (κ1) is 43.1. The summed E-state index contributed by atoms with van der Waals surface area (Å²) in [6.07, 6.45) is 2.09. The molecule has 0 saturated carbocycles. The van der Waals surface area contributed by atoms with Crippen molar-refractivity contribution in [3.05, 3.63) is 168 Å². The number of rotatable bonds is 8. The predicted molar refractivity (Wildman–Crippen MR) is 257 cm³/mol. The van der Waals surface area contributed by atoms with Gasteiger partial charge >= 0.3 is 0 Å². The van der Waals surface area contributed by atoms with Gasteiger partial charge in [0, 0.05) is 36.7 Å². The molecule has 60 heavy (non-hydrogen) atoms. The third-order valence-electron chi connectivity index (χ3n) is 11.2. The van der Waals surface area contributed by atoms with Crippen molar-refractivity contribution in [3.8, 4) is 39.5 Å². The number of thiophene rings is 1. The minimum absolute atomic E-state index is 0. The molecule has 9 aromatic rings. The van der Waals surface area contributed by atoms with Gasteiger partial charge in [0.15, 0.2) is 0 Å². The second-order valence-electron chi connectivity index (χ2n) is 17.5. The SMILES string of the molecule is CC(C)c1cc(-c2[c-]cccc2)ncc1[Si](C)(C)C.CC(C)c1cc(-c2ccccc2)cc(C(C)C)c1-n1c(-c2[c-]cc3sc4ccccc4c3c2)nc2ccccc21.[Ir]. The van der Waals surface area contributed by atoms with Crippen LogP contribution in [0.2, 0.25) is 19.6 Å². The summed E-state index contributed by atoms with van der Waals surface area (Å²) in [5.74, 6) is 2.14. The van der Waals surface area contributed by atoms with Crippen molar-refractivity contribution in [2.24, 2.45) is 0 Å². The zero-order valence-corrected chi connectivity index (χ0v) is 40.3. The number of fused-ring (bicyclic) bond motifs is 4. The number of pyridine rings is 1. The first-order chi connectivity index (χ1) is 28.4. The van der Waals surface area contributed by atoms with E-state index in [1.165, 1.54) is 58.9 Å². The molecule has 0 aliphatic carbocycles. The van der Waals surface area contributed by atoms with Gasteiger partial charge in [-0.3, -0.25) is 4.98 Å². The molecule has 0 bridgehead atoms. The molecule has 305 valence electrons. The molecule has 9 rings (SSSR count). The molecular formula is C54H53IrN3SSi-2. The predicted octanol–water partition coefficient (Wildman–Crippen LogP) is 15.0. The van der Waals surface area contributed by atoms with Crippen LogP contribution in [-0.2, 0) is 20.1 Å². The quantitative estimate of drug-likeness (QED) is 0.112. The van der Waals surface area contributed by atoms with E-state index in [0.717, 1.165) is 33.7 Å².